The third kappa shape index (κ3) is 2.87. The van der Waals surface area contributed by atoms with E-state index in [9.17, 15) is 5.26 Å². The molecule has 0 aliphatic heterocycles. The van der Waals surface area contributed by atoms with Crippen molar-refractivity contribution in [3.8, 4) is 6.07 Å². The van der Waals surface area contributed by atoms with E-state index in [1.807, 2.05) is 0 Å². The van der Waals surface area contributed by atoms with Gasteiger partial charge in [0.1, 0.15) is 0 Å². The van der Waals surface area contributed by atoms with Gasteiger partial charge >= 0.3 is 0 Å². The first-order chi connectivity index (χ1) is 7.74. The van der Waals surface area contributed by atoms with Crippen LogP contribution in [0.2, 0.25) is 0 Å². The fraction of sp³-hybridized carbons (Fsp3) is 0.615. The molecule has 1 nitrogen and oxygen atoms in total. The molecule has 1 aliphatic carbocycles. The van der Waals surface area contributed by atoms with Crippen LogP contribution in [0.25, 0.3) is 0 Å². The third-order valence-electron chi connectivity index (χ3n) is 3.43. The van der Waals surface area contributed by atoms with Crippen molar-refractivity contribution in [2.75, 3.05) is 0 Å². The van der Waals surface area contributed by atoms with Gasteiger partial charge in [-0.1, -0.05) is 25.7 Å². The molecule has 0 N–H and O–H groups in total. The van der Waals surface area contributed by atoms with Crippen LogP contribution in [0.1, 0.15) is 43.4 Å². The second-order valence-electron chi connectivity index (χ2n) is 4.71. The number of hydrogen-bond donors (Lipinski definition) is 0. The zero-order valence-electron chi connectivity index (χ0n) is 9.34. The van der Waals surface area contributed by atoms with Crippen molar-refractivity contribution in [3.63, 3.8) is 0 Å². The third-order valence-corrected chi connectivity index (χ3v) is 5.13. The second-order valence-corrected chi connectivity index (χ2v) is 6.63. The average Bonchev–Trinajstić information content (AvgIpc) is 2.54. The number of nitrogens with zero attached hydrogens (tertiary/aromatic N) is 1. The molecule has 1 fully saturated rings. The normalized spacial score (nSPS) is 20.0. The first-order valence-corrected chi connectivity index (χ1v) is 7.56. The molecule has 1 aliphatic rings. The van der Waals surface area contributed by atoms with Gasteiger partial charge in [-0.15, -0.1) is 11.3 Å². The number of halogens is 1. The zero-order chi connectivity index (χ0) is 11.4. The van der Waals surface area contributed by atoms with Gasteiger partial charge in [-0.25, -0.2) is 0 Å². The summed E-state index contributed by atoms with van der Waals surface area (Å²) in [6, 6.07) is 4.77. The summed E-state index contributed by atoms with van der Waals surface area (Å²) in [5.41, 5.74) is -0.0825. The maximum Gasteiger partial charge on any atom is 0.0693 e. The van der Waals surface area contributed by atoms with Crippen molar-refractivity contribution in [1.29, 1.82) is 5.26 Å². The van der Waals surface area contributed by atoms with Crippen LogP contribution in [0.15, 0.2) is 15.9 Å². The molecule has 0 amide bonds. The van der Waals surface area contributed by atoms with E-state index >= 15 is 0 Å². The standard InChI is InChI=1S/C13H16BrNS/c14-11-7-12(16-9-11)8-13(10-15)5-3-1-2-4-6-13/h7,9H,1-6,8H2. The number of rotatable bonds is 2. The summed E-state index contributed by atoms with van der Waals surface area (Å²) in [7, 11) is 0. The van der Waals surface area contributed by atoms with Crippen molar-refractivity contribution in [3.05, 3.63) is 20.8 Å². The maximum absolute atomic E-state index is 9.48. The number of nitriles is 1. The Morgan fingerprint density at radius 3 is 2.50 bits per heavy atom. The second kappa shape index (κ2) is 5.33. The molecule has 0 atom stereocenters. The first kappa shape index (κ1) is 12.1. The fourth-order valence-corrected chi connectivity index (χ4v) is 4.11. The van der Waals surface area contributed by atoms with Crippen LogP contribution in [0.3, 0.4) is 0 Å². The van der Waals surface area contributed by atoms with Crippen LogP contribution < -0.4 is 0 Å². The quantitative estimate of drug-likeness (QED) is 0.711. The molecule has 86 valence electrons. The van der Waals surface area contributed by atoms with Crippen molar-refractivity contribution in [2.45, 2.75) is 44.9 Å². The number of thiophene rings is 1. The van der Waals surface area contributed by atoms with Gasteiger partial charge in [-0.3, -0.25) is 0 Å². The zero-order valence-corrected chi connectivity index (χ0v) is 11.7. The minimum atomic E-state index is -0.0825. The molecule has 1 heterocycles. The van der Waals surface area contributed by atoms with Crippen LogP contribution in [0.5, 0.6) is 0 Å². The Balaban J connectivity index is 2.12. The molecule has 0 unspecified atom stereocenters. The topological polar surface area (TPSA) is 23.8 Å². The van der Waals surface area contributed by atoms with Gasteiger partial charge in [-0.2, -0.15) is 5.26 Å². The van der Waals surface area contributed by atoms with Gasteiger partial charge in [0, 0.05) is 21.2 Å². The maximum atomic E-state index is 9.48. The SMILES string of the molecule is N#CC1(Cc2cc(Br)cs2)CCCCCC1. The summed E-state index contributed by atoms with van der Waals surface area (Å²) < 4.78 is 1.15. The van der Waals surface area contributed by atoms with E-state index in [0.717, 1.165) is 23.7 Å². The molecule has 1 aromatic heterocycles. The van der Waals surface area contributed by atoms with E-state index in [2.05, 4.69) is 33.4 Å². The lowest BCUT2D eigenvalue weighted by Gasteiger charge is -2.23. The summed E-state index contributed by atoms with van der Waals surface area (Å²) in [5, 5.41) is 11.6. The van der Waals surface area contributed by atoms with E-state index in [0.29, 0.717) is 0 Å². The van der Waals surface area contributed by atoms with Gasteiger partial charge < -0.3 is 0 Å². The Morgan fingerprint density at radius 1 is 1.31 bits per heavy atom. The van der Waals surface area contributed by atoms with Crippen molar-refractivity contribution in [2.24, 2.45) is 5.41 Å². The summed E-state index contributed by atoms with van der Waals surface area (Å²) in [4.78, 5) is 1.34. The predicted octanol–water partition coefficient (Wildman–Crippen LogP) is 4.92. The van der Waals surface area contributed by atoms with Crippen LogP contribution in [-0.4, -0.2) is 0 Å². The molecule has 0 bridgehead atoms. The average molecular weight is 298 g/mol. The molecule has 2 rings (SSSR count). The van der Waals surface area contributed by atoms with E-state index in [-0.39, 0.29) is 5.41 Å². The molecule has 0 aromatic carbocycles. The summed E-state index contributed by atoms with van der Waals surface area (Å²) >= 11 is 5.25. The minimum absolute atomic E-state index is 0.0825. The van der Waals surface area contributed by atoms with Crippen molar-refractivity contribution >= 4 is 27.3 Å². The molecular weight excluding hydrogens is 282 g/mol. The first-order valence-electron chi connectivity index (χ1n) is 5.88. The highest BCUT2D eigenvalue weighted by atomic mass is 79.9. The van der Waals surface area contributed by atoms with Gasteiger partial charge in [-0.05, 0) is 34.8 Å². The Bertz CT molecular complexity index is 383. The van der Waals surface area contributed by atoms with Crippen LogP contribution in [0, 0.1) is 16.7 Å². The van der Waals surface area contributed by atoms with E-state index in [1.165, 1.54) is 30.6 Å². The van der Waals surface area contributed by atoms with E-state index in [4.69, 9.17) is 0 Å². The molecule has 16 heavy (non-hydrogen) atoms. The van der Waals surface area contributed by atoms with Crippen LogP contribution in [0.4, 0.5) is 0 Å². The smallest absolute Gasteiger partial charge is 0.0693 e. The highest BCUT2D eigenvalue weighted by molar-refractivity contribution is 9.10. The number of hydrogen-bond acceptors (Lipinski definition) is 2. The van der Waals surface area contributed by atoms with E-state index < -0.39 is 0 Å². The monoisotopic (exact) mass is 297 g/mol. The van der Waals surface area contributed by atoms with Crippen molar-refractivity contribution < 1.29 is 0 Å². The highest BCUT2D eigenvalue weighted by Crippen LogP contribution is 2.39. The Kier molecular flexibility index (Phi) is 4.05. The van der Waals surface area contributed by atoms with Crippen molar-refractivity contribution in [1.82, 2.24) is 0 Å². The summed E-state index contributed by atoms with van der Waals surface area (Å²) in [6.07, 6.45) is 8.16. The van der Waals surface area contributed by atoms with Gasteiger partial charge in [0.15, 0.2) is 0 Å². The Morgan fingerprint density at radius 2 is 2.00 bits per heavy atom. The van der Waals surface area contributed by atoms with Crippen LogP contribution >= 0.6 is 27.3 Å². The lowest BCUT2D eigenvalue weighted by atomic mass is 9.78. The van der Waals surface area contributed by atoms with Crippen LogP contribution in [-0.2, 0) is 6.42 Å². The summed E-state index contributed by atoms with van der Waals surface area (Å²) in [6.45, 7) is 0. The van der Waals surface area contributed by atoms with E-state index in [1.54, 1.807) is 11.3 Å². The molecule has 0 saturated heterocycles. The van der Waals surface area contributed by atoms with Gasteiger partial charge in [0.25, 0.3) is 0 Å². The highest BCUT2D eigenvalue weighted by Gasteiger charge is 2.31. The molecule has 1 saturated carbocycles. The largest absolute Gasteiger partial charge is 0.198 e. The minimum Gasteiger partial charge on any atom is -0.198 e. The lowest BCUT2D eigenvalue weighted by molar-refractivity contribution is 0.341. The molecule has 1 aromatic rings. The van der Waals surface area contributed by atoms with Gasteiger partial charge in [0.2, 0.25) is 0 Å². The Hall–Kier alpha value is -0.330. The molecule has 0 spiro atoms. The molecular formula is C13H16BrNS. The molecule has 0 radical (unpaired) electrons. The fourth-order valence-electron chi connectivity index (χ4n) is 2.51. The summed E-state index contributed by atoms with van der Waals surface area (Å²) in [5.74, 6) is 0. The lowest BCUT2D eigenvalue weighted by Crippen LogP contribution is -2.20. The molecule has 3 heteroatoms. The Labute approximate surface area is 110 Å². The van der Waals surface area contributed by atoms with Gasteiger partial charge in [0.05, 0.1) is 11.5 Å². The predicted molar refractivity (Wildman–Crippen MR) is 71.5 cm³/mol.